The second-order valence-corrected chi connectivity index (χ2v) is 7.99. The summed E-state index contributed by atoms with van der Waals surface area (Å²) in [6.07, 6.45) is 0.0830. The molecule has 0 aliphatic heterocycles. The number of anilines is 1. The smallest absolute Gasteiger partial charge is 0.277 e. The predicted molar refractivity (Wildman–Crippen MR) is 120 cm³/mol. The fraction of sp³-hybridized carbons (Fsp3) is 0.318. The number of halogens is 1. The first-order valence-electron chi connectivity index (χ1n) is 9.24. The Hall–Kier alpha value is -2.67. The van der Waals surface area contributed by atoms with E-state index in [1.165, 1.54) is 0 Å². The SMILES string of the molecule is C/C(CC(=O)Nc1c(C)cc(C)cc1C)=N/NC(=O)COc1ccc(Br)cc1C. The van der Waals surface area contributed by atoms with E-state index in [2.05, 4.69) is 31.8 Å². The highest BCUT2D eigenvalue weighted by molar-refractivity contribution is 9.10. The van der Waals surface area contributed by atoms with Crippen molar-refractivity contribution in [1.82, 2.24) is 5.43 Å². The van der Waals surface area contributed by atoms with Gasteiger partial charge in [-0.3, -0.25) is 9.59 Å². The second kappa shape index (κ2) is 10.2. The van der Waals surface area contributed by atoms with Crippen molar-refractivity contribution >= 4 is 39.1 Å². The van der Waals surface area contributed by atoms with Gasteiger partial charge in [0.25, 0.3) is 5.91 Å². The summed E-state index contributed by atoms with van der Waals surface area (Å²) in [4.78, 5) is 24.2. The van der Waals surface area contributed by atoms with Crippen LogP contribution in [0, 0.1) is 27.7 Å². The third-order valence-corrected chi connectivity index (χ3v) is 4.72. The number of hydrogen-bond donors (Lipinski definition) is 2. The van der Waals surface area contributed by atoms with E-state index in [4.69, 9.17) is 4.74 Å². The molecule has 2 rings (SSSR count). The Morgan fingerprint density at radius 1 is 1.00 bits per heavy atom. The van der Waals surface area contributed by atoms with Gasteiger partial charge in [-0.1, -0.05) is 33.6 Å². The fourth-order valence-electron chi connectivity index (χ4n) is 2.94. The lowest BCUT2D eigenvalue weighted by atomic mass is 10.0. The quantitative estimate of drug-likeness (QED) is 0.469. The second-order valence-electron chi connectivity index (χ2n) is 7.08. The Morgan fingerprint density at radius 3 is 2.28 bits per heavy atom. The van der Waals surface area contributed by atoms with Crippen LogP contribution < -0.4 is 15.5 Å². The minimum Gasteiger partial charge on any atom is -0.483 e. The molecule has 0 atom stereocenters. The zero-order valence-corrected chi connectivity index (χ0v) is 18.9. The van der Waals surface area contributed by atoms with Gasteiger partial charge in [0, 0.05) is 15.9 Å². The lowest BCUT2D eigenvalue weighted by molar-refractivity contribution is -0.123. The summed E-state index contributed by atoms with van der Waals surface area (Å²) in [5.74, 6) is 0.0573. The van der Waals surface area contributed by atoms with Crippen molar-refractivity contribution in [3.05, 3.63) is 57.1 Å². The first-order valence-corrected chi connectivity index (χ1v) is 10.0. The largest absolute Gasteiger partial charge is 0.483 e. The van der Waals surface area contributed by atoms with Crippen LogP contribution in [0.1, 0.15) is 35.6 Å². The van der Waals surface area contributed by atoms with Gasteiger partial charge in [-0.05, 0) is 69.5 Å². The van der Waals surface area contributed by atoms with Crippen LogP contribution in [0.3, 0.4) is 0 Å². The molecule has 7 heteroatoms. The first-order chi connectivity index (χ1) is 13.7. The van der Waals surface area contributed by atoms with Crippen molar-refractivity contribution in [2.75, 3.05) is 11.9 Å². The van der Waals surface area contributed by atoms with Gasteiger partial charge in [-0.2, -0.15) is 5.10 Å². The minimum atomic E-state index is -0.391. The van der Waals surface area contributed by atoms with Gasteiger partial charge in [0.2, 0.25) is 5.91 Å². The summed E-state index contributed by atoms with van der Waals surface area (Å²) >= 11 is 3.38. The van der Waals surface area contributed by atoms with Gasteiger partial charge >= 0.3 is 0 Å². The Bertz CT molecular complexity index is 931. The normalized spacial score (nSPS) is 11.2. The number of rotatable bonds is 7. The summed E-state index contributed by atoms with van der Waals surface area (Å²) in [6, 6.07) is 9.60. The van der Waals surface area contributed by atoms with Gasteiger partial charge in [0.15, 0.2) is 6.61 Å². The van der Waals surface area contributed by atoms with Crippen molar-refractivity contribution < 1.29 is 14.3 Å². The molecule has 6 nitrogen and oxygen atoms in total. The molecule has 0 saturated carbocycles. The number of aryl methyl sites for hydroxylation is 4. The Labute approximate surface area is 179 Å². The molecule has 0 spiro atoms. The number of carbonyl (C=O) groups is 2. The average Bonchev–Trinajstić information content (AvgIpc) is 2.62. The summed E-state index contributed by atoms with van der Waals surface area (Å²) in [5, 5.41) is 6.90. The number of nitrogens with zero attached hydrogens (tertiary/aromatic N) is 1. The summed E-state index contributed by atoms with van der Waals surface area (Å²) in [5.41, 5.74) is 7.83. The molecule has 2 aromatic rings. The number of amides is 2. The summed E-state index contributed by atoms with van der Waals surface area (Å²) in [6.45, 7) is 9.37. The van der Waals surface area contributed by atoms with Gasteiger partial charge in [0.05, 0.1) is 6.42 Å². The lowest BCUT2D eigenvalue weighted by Gasteiger charge is -2.13. The topological polar surface area (TPSA) is 79.8 Å². The zero-order chi connectivity index (χ0) is 21.6. The number of ether oxygens (including phenoxy) is 1. The standard InChI is InChI=1S/C22H26BrN3O3/c1-13-8-15(3)22(16(4)9-13)24-20(27)11-17(5)25-26-21(28)12-29-19-7-6-18(23)10-14(19)2/h6-10H,11-12H2,1-5H3,(H,24,27)(H,26,28)/b25-17-. The summed E-state index contributed by atoms with van der Waals surface area (Å²) in [7, 11) is 0. The maximum atomic E-state index is 12.3. The van der Waals surface area contributed by atoms with Crippen LogP contribution in [0.15, 0.2) is 39.9 Å². The third-order valence-electron chi connectivity index (χ3n) is 4.23. The fourth-order valence-corrected chi connectivity index (χ4v) is 3.42. The minimum absolute atomic E-state index is 0.0830. The van der Waals surface area contributed by atoms with Crippen LogP contribution in [0.2, 0.25) is 0 Å². The van der Waals surface area contributed by atoms with E-state index in [9.17, 15) is 9.59 Å². The average molecular weight is 460 g/mol. The monoisotopic (exact) mass is 459 g/mol. The molecule has 2 aromatic carbocycles. The molecular weight excluding hydrogens is 434 g/mol. The van der Waals surface area contributed by atoms with Crippen LogP contribution in [-0.4, -0.2) is 24.1 Å². The van der Waals surface area contributed by atoms with Crippen molar-refractivity contribution in [2.45, 2.75) is 41.0 Å². The number of carbonyl (C=O) groups excluding carboxylic acids is 2. The van der Waals surface area contributed by atoms with Crippen LogP contribution in [-0.2, 0) is 9.59 Å². The van der Waals surface area contributed by atoms with Gasteiger partial charge in [-0.15, -0.1) is 0 Å². The Balaban J connectivity index is 1.84. The highest BCUT2D eigenvalue weighted by Gasteiger charge is 2.10. The molecule has 0 saturated heterocycles. The van der Waals surface area contributed by atoms with E-state index in [1.54, 1.807) is 13.0 Å². The van der Waals surface area contributed by atoms with Gasteiger partial charge in [0.1, 0.15) is 5.75 Å². The maximum Gasteiger partial charge on any atom is 0.277 e. The van der Waals surface area contributed by atoms with Crippen LogP contribution in [0.5, 0.6) is 5.75 Å². The molecule has 154 valence electrons. The molecule has 0 aliphatic carbocycles. The van der Waals surface area contributed by atoms with E-state index < -0.39 is 5.91 Å². The molecule has 0 fully saturated rings. The van der Waals surface area contributed by atoms with Crippen molar-refractivity contribution in [3.8, 4) is 5.75 Å². The zero-order valence-electron chi connectivity index (χ0n) is 17.4. The third kappa shape index (κ3) is 7.02. The van der Waals surface area contributed by atoms with Gasteiger partial charge in [-0.25, -0.2) is 5.43 Å². The van der Waals surface area contributed by atoms with Crippen LogP contribution in [0.25, 0.3) is 0 Å². The van der Waals surface area contributed by atoms with E-state index in [0.29, 0.717) is 11.5 Å². The highest BCUT2D eigenvalue weighted by Crippen LogP contribution is 2.23. The van der Waals surface area contributed by atoms with E-state index >= 15 is 0 Å². The molecular formula is C22H26BrN3O3. The number of nitrogens with one attached hydrogen (secondary N) is 2. The first kappa shape index (κ1) is 22.6. The van der Waals surface area contributed by atoms with E-state index in [0.717, 1.165) is 32.4 Å². The molecule has 0 aliphatic rings. The van der Waals surface area contributed by atoms with Crippen LogP contribution >= 0.6 is 15.9 Å². The number of benzene rings is 2. The summed E-state index contributed by atoms with van der Waals surface area (Å²) < 4.78 is 6.45. The maximum absolute atomic E-state index is 12.3. The Morgan fingerprint density at radius 2 is 1.66 bits per heavy atom. The molecule has 0 radical (unpaired) electrons. The predicted octanol–water partition coefficient (Wildman–Crippen LogP) is 4.58. The molecule has 0 aromatic heterocycles. The van der Waals surface area contributed by atoms with E-state index in [-0.39, 0.29) is 18.9 Å². The van der Waals surface area contributed by atoms with Crippen molar-refractivity contribution in [2.24, 2.45) is 5.10 Å². The van der Waals surface area contributed by atoms with Gasteiger partial charge < -0.3 is 10.1 Å². The van der Waals surface area contributed by atoms with Crippen LogP contribution in [0.4, 0.5) is 5.69 Å². The van der Waals surface area contributed by atoms with Crippen molar-refractivity contribution in [1.29, 1.82) is 0 Å². The Kier molecular flexibility index (Phi) is 7.96. The molecule has 0 heterocycles. The molecule has 0 bridgehead atoms. The molecule has 0 unspecified atom stereocenters. The molecule has 29 heavy (non-hydrogen) atoms. The highest BCUT2D eigenvalue weighted by atomic mass is 79.9. The van der Waals surface area contributed by atoms with Crippen molar-refractivity contribution in [3.63, 3.8) is 0 Å². The lowest BCUT2D eigenvalue weighted by Crippen LogP contribution is -2.26. The molecule has 2 N–H and O–H groups in total. The number of hydrazone groups is 1. The molecule has 2 amide bonds. The van der Waals surface area contributed by atoms with E-state index in [1.807, 2.05) is 52.0 Å². The number of hydrogen-bond acceptors (Lipinski definition) is 4.